The number of benzene rings is 1. The predicted octanol–water partition coefficient (Wildman–Crippen LogP) is 2.70. The Bertz CT molecular complexity index is 848. The Morgan fingerprint density at radius 1 is 1.27 bits per heavy atom. The topological polar surface area (TPSA) is 76.7 Å². The van der Waals surface area contributed by atoms with Crippen LogP contribution in [0.15, 0.2) is 42.9 Å². The molecule has 1 N–H and O–H groups in total. The van der Waals surface area contributed by atoms with Crippen molar-refractivity contribution >= 4 is 11.6 Å². The molecule has 0 bridgehead atoms. The number of hydrogen-bond acceptors (Lipinski definition) is 4. The number of aromatic carboxylic acids is 1. The second-order valence-corrected chi connectivity index (χ2v) is 4.37. The van der Waals surface area contributed by atoms with Crippen molar-refractivity contribution in [3.8, 4) is 16.9 Å². The second kappa shape index (κ2) is 5.40. The van der Waals surface area contributed by atoms with Gasteiger partial charge in [-0.1, -0.05) is 6.07 Å². The van der Waals surface area contributed by atoms with Crippen molar-refractivity contribution in [3.63, 3.8) is 0 Å². The van der Waals surface area contributed by atoms with E-state index in [1.807, 2.05) is 0 Å². The molecule has 0 aliphatic heterocycles. The highest BCUT2D eigenvalue weighted by atomic mass is 19.3. The number of fused-ring (bicyclic) bond motifs is 1. The van der Waals surface area contributed by atoms with Gasteiger partial charge >= 0.3 is 12.6 Å². The first-order valence-electron chi connectivity index (χ1n) is 6.16. The smallest absolute Gasteiger partial charge is 0.387 e. The third kappa shape index (κ3) is 2.58. The average molecular weight is 305 g/mol. The van der Waals surface area contributed by atoms with E-state index in [0.717, 1.165) is 0 Å². The Labute approximate surface area is 122 Å². The minimum atomic E-state index is -3.09. The summed E-state index contributed by atoms with van der Waals surface area (Å²) < 4.78 is 30.3. The lowest BCUT2D eigenvalue weighted by Gasteiger charge is -2.10. The molecule has 3 rings (SSSR count). The summed E-state index contributed by atoms with van der Waals surface area (Å²) >= 11 is 0. The fraction of sp³-hybridized carbons (Fsp3) is 0.0714. The van der Waals surface area contributed by atoms with Crippen LogP contribution in [-0.2, 0) is 0 Å². The van der Waals surface area contributed by atoms with Crippen LogP contribution >= 0.6 is 0 Å². The Morgan fingerprint density at radius 2 is 2.09 bits per heavy atom. The fourth-order valence-electron chi connectivity index (χ4n) is 2.03. The molecule has 22 heavy (non-hydrogen) atoms. The molecular weight excluding hydrogens is 296 g/mol. The van der Waals surface area contributed by atoms with Gasteiger partial charge in [-0.3, -0.25) is 0 Å². The van der Waals surface area contributed by atoms with Gasteiger partial charge in [0.1, 0.15) is 11.3 Å². The zero-order chi connectivity index (χ0) is 15.7. The number of carboxylic acids is 1. The third-order valence-electron chi connectivity index (χ3n) is 3.01. The molecular formula is C14H9F2N3O3. The molecule has 2 aromatic heterocycles. The maximum atomic E-state index is 12.3. The molecule has 0 aliphatic rings. The van der Waals surface area contributed by atoms with E-state index < -0.39 is 12.6 Å². The summed E-state index contributed by atoms with van der Waals surface area (Å²) in [6.07, 6.45) is 4.79. The fourth-order valence-corrected chi connectivity index (χ4v) is 2.03. The predicted molar refractivity (Wildman–Crippen MR) is 72.0 cm³/mol. The van der Waals surface area contributed by atoms with Crippen LogP contribution in [0.4, 0.5) is 8.78 Å². The van der Waals surface area contributed by atoms with Gasteiger partial charge in [-0.2, -0.15) is 13.9 Å². The molecule has 0 saturated carbocycles. The van der Waals surface area contributed by atoms with Crippen LogP contribution in [0.25, 0.3) is 16.8 Å². The van der Waals surface area contributed by atoms with Gasteiger partial charge in [0.05, 0.1) is 6.20 Å². The molecule has 0 aliphatic carbocycles. The van der Waals surface area contributed by atoms with E-state index in [2.05, 4.69) is 14.8 Å². The van der Waals surface area contributed by atoms with E-state index >= 15 is 0 Å². The van der Waals surface area contributed by atoms with Gasteiger partial charge in [0.15, 0.2) is 5.65 Å². The minimum Gasteiger partial charge on any atom is -0.478 e. The largest absolute Gasteiger partial charge is 0.478 e. The molecule has 3 aromatic rings. The van der Waals surface area contributed by atoms with Crippen LogP contribution in [-0.4, -0.2) is 32.3 Å². The zero-order valence-electron chi connectivity index (χ0n) is 11.0. The lowest BCUT2D eigenvalue weighted by molar-refractivity contribution is -0.0503. The Balaban J connectivity index is 2.06. The number of hydrogen-bond donors (Lipinski definition) is 1. The summed E-state index contributed by atoms with van der Waals surface area (Å²) in [6.45, 7) is -3.09. The molecule has 0 fully saturated rings. The molecule has 0 radical (unpaired) electrons. The van der Waals surface area contributed by atoms with Gasteiger partial charge in [0, 0.05) is 24.0 Å². The Hall–Kier alpha value is -3.03. The summed E-state index contributed by atoms with van der Waals surface area (Å²) in [5, 5.41) is 13.2. The van der Waals surface area contributed by atoms with Gasteiger partial charge in [-0.25, -0.2) is 14.3 Å². The lowest BCUT2D eigenvalue weighted by atomic mass is 10.0. The van der Waals surface area contributed by atoms with Gasteiger partial charge < -0.3 is 9.84 Å². The standard InChI is InChI=1S/C14H9F2N3O3/c15-14(16)22-11-2-1-8(5-10(11)13(20)21)9-6-17-12-3-4-18-19(12)7-9/h1-7,14H,(H,20,21). The average Bonchev–Trinajstić information content (AvgIpc) is 2.94. The Morgan fingerprint density at radius 3 is 2.82 bits per heavy atom. The van der Waals surface area contributed by atoms with Gasteiger partial charge in [0.25, 0.3) is 0 Å². The highest BCUT2D eigenvalue weighted by Gasteiger charge is 2.16. The monoisotopic (exact) mass is 305 g/mol. The number of alkyl halides is 2. The highest BCUT2D eigenvalue weighted by molar-refractivity contribution is 5.92. The molecule has 2 heterocycles. The lowest BCUT2D eigenvalue weighted by Crippen LogP contribution is -2.07. The molecule has 8 heteroatoms. The van der Waals surface area contributed by atoms with E-state index in [-0.39, 0.29) is 11.3 Å². The quantitative estimate of drug-likeness (QED) is 0.802. The summed E-state index contributed by atoms with van der Waals surface area (Å²) in [5.74, 6) is -1.75. The van der Waals surface area contributed by atoms with Crippen LogP contribution in [0, 0.1) is 0 Å². The van der Waals surface area contributed by atoms with Crippen LogP contribution in [0.3, 0.4) is 0 Å². The van der Waals surface area contributed by atoms with E-state index in [1.165, 1.54) is 22.7 Å². The first kappa shape index (κ1) is 13.9. The number of ether oxygens (including phenoxy) is 1. The minimum absolute atomic E-state index is 0.349. The molecule has 0 spiro atoms. The van der Waals surface area contributed by atoms with Crippen LogP contribution < -0.4 is 4.74 Å². The second-order valence-electron chi connectivity index (χ2n) is 4.37. The van der Waals surface area contributed by atoms with Crippen molar-refractivity contribution in [2.45, 2.75) is 6.61 Å². The number of carbonyl (C=O) groups is 1. The Kier molecular flexibility index (Phi) is 3.42. The molecule has 0 amide bonds. The van der Waals surface area contributed by atoms with Crippen LogP contribution in [0.2, 0.25) is 0 Å². The van der Waals surface area contributed by atoms with Crippen molar-refractivity contribution < 1.29 is 23.4 Å². The zero-order valence-corrected chi connectivity index (χ0v) is 11.0. The summed E-state index contributed by atoms with van der Waals surface area (Å²) in [7, 11) is 0. The summed E-state index contributed by atoms with van der Waals surface area (Å²) in [6, 6.07) is 5.65. The number of nitrogens with zero attached hydrogens (tertiary/aromatic N) is 3. The van der Waals surface area contributed by atoms with Crippen molar-refractivity contribution in [1.29, 1.82) is 0 Å². The third-order valence-corrected chi connectivity index (χ3v) is 3.01. The van der Waals surface area contributed by atoms with Crippen molar-refractivity contribution in [1.82, 2.24) is 14.6 Å². The number of rotatable bonds is 4. The maximum absolute atomic E-state index is 12.3. The van der Waals surface area contributed by atoms with Gasteiger partial charge in [0.2, 0.25) is 0 Å². The molecule has 0 unspecified atom stereocenters. The summed E-state index contributed by atoms with van der Waals surface area (Å²) in [5.41, 5.74) is 1.39. The van der Waals surface area contributed by atoms with Crippen molar-refractivity contribution in [3.05, 3.63) is 48.4 Å². The van der Waals surface area contributed by atoms with Gasteiger partial charge in [-0.15, -0.1) is 0 Å². The molecule has 6 nitrogen and oxygen atoms in total. The number of halogens is 2. The van der Waals surface area contributed by atoms with Crippen LogP contribution in [0.5, 0.6) is 5.75 Å². The SMILES string of the molecule is O=C(O)c1cc(-c2cnc3ccnn3c2)ccc1OC(F)F. The van der Waals surface area contributed by atoms with Crippen molar-refractivity contribution in [2.24, 2.45) is 0 Å². The number of aromatic nitrogens is 3. The van der Waals surface area contributed by atoms with E-state index in [1.54, 1.807) is 24.7 Å². The normalized spacial score (nSPS) is 11.0. The number of carboxylic acid groups (broad SMARTS) is 1. The molecule has 0 saturated heterocycles. The van der Waals surface area contributed by atoms with Crippen molar-refractivity contribution in [2.75, 3.05) is 0 Å². The first-order valence-corrected chi connectivity index (χ1v) is 6.16. The maximum Gasteiger partial charge on any atom is 0.387 e. The summed E-state index contributed by atoms with van der Waals surface area (Å²) in [4.78, 5) is 15.4. The van der Waals surface area contributed by atoms with E-state index in [9.17, 15) is 13.6 Å². The highest BCUT2D eigenvalue weighted by Crippen LogP contribution is 2.27. The molecule has 1 aromatic carbocycles. The molecule has 112 valence electrons. The van der Waals surface area contributed by atoms with Gasteiger partial charge in [-0.05, 0) is 17.7 Å². The molecule has 0 atom stereocenters. The van der Waals surface area contributed by atoms with E-state index in [4.69, 9.17) is 5.11 Å². The van der Waals surface area contributed by atoms with Crippen LogP contribution in [0.1, 0.15) is 10.4 Å². The van der Waals surface area contributed by atoms with E-state index in [0.29, 0.717) is 16.8 Å². The first-order chi connectivity index (χ1) is 10.5.